The van der Waals surface area contributed by atoms with Crippen molar-refractivity contribution in [3.8, 4) is 0 Å². The number of fused-ring (bicyclic) bond motifs is 1. The second kappa shape index (κ2) is 8.95. The molecule has 0 N–H and O–H groups in total. The molecule has 0 saturated carbocycles. The lowest BCUT2D eigenvalue weighted by Crippen LogP contribution is -2.34. The highest BCUT2D eigenvalue weighted by Crippen LogP contribution is 2.54. The van der Waals surface area contributed by atoms with E-state index in [4.69, 9.17) is 0 Å². The zero-order valence-corrected chi connectivity index (χ0v) is 19.4. The van der Waals surface area contributed by atoms with Crippen LogP contribution < -0.4 is 4.90 Å². The predicted molar refractivity (Wildman–Crippen MR) is 126 cm³/mol. The first kappa shape index (κ1) is 21.3. The maximum absolute atomic E-state index is 2.53. The topological polar surface area (TPSA) is 3.24 Å². The van der Waals surface area contributed by atoms with Crippen LogP contribution in [0.15, 0.2) is 47.4 Å². The molecular weight excluding hydrogens is 358 g/mol. The Bertz CT molecular complexity index is 797. The second-order valence-corrected chi connectivity index (χ2v) is 9.92. The highest BCUT2D eigenvalue weighted by Gasteiger charge is 2.42. The summed E-state index contributed by atoms with van der Waals surface area (Å²) in [6.45, 7) is 9.50. The van der Waals surface area contributed by atoms with Gasteiger partial charge in [0.05, 0.1) is 0 Å². The predicted octanol–water partition coefficient (Wildman–Crippen LogP) is 7.52. The number of hydrogen-bond donors (Lipinski definition) is 0. The van der Waals surface area contributed by atoms with E-state index < -0.39 is 0 Å². The van der Waals surface area contributed by atoms with Crippen molar-refractivity contribution in [3.05, 3.63) is 59.2 Å². The number of thioether (sulfide) groups is 1. The van der Waals surface area contributed by atoms with Gasteiger partial charge in [-0.3, -0.25) is 0 Å². The summed E-state index contributed by atoms with van der Waals surface area (Å²) in [4.78, 5) is 3.72. The third-order valence-electron chi connectivity index (χ3n) is 6.96. The number of unbranched alkanes of at least 4 members (excludes halogenated alkanes) is 1. The minimum Gasteiger partial charge on any atom is -0.378 e. The summed E-state index contributed by atoms with van der Waals surface area (Å²) in [6, 6.07) is 16.4. The van der Waals surface area contributed by atoms with Gasteiger partial charge in [-0.1, -0.05) is 63.4 Å². The van der Waals surface area contributed by atoms with Crippen LogP contribution in [0.25, 0.3) is 0 Å². The molecule has 3 atom stereocenters. The van der Waals surface area contributed by atoms with Gasteiger partial charge in [-0.15, -0.1) is 11.8 Å². The summed E-state index contributed by atoms with van der Waals surface area (Å²) in [5, 5.41) is 0. The molecule has 3 unspecified atom stereocenters. The van der Waals surface area contributed by atoms with Crippen molar-refractivity contribution in [1.82, 2.24) is 0 Å². The molecule has 0 spiro atoms. The number of nitrogens with zero attached hydrogens (tertiary/aromatic N) is 1. The van der Waals surface area contributed by atoms with Gasteiger partial charge in [-0.05, 0) is 60.4 Å². The van der Waals surface area contributed by atoms with Crippen molar-refractivity contribution in [3.63, 3.8) is 0 Å². The van der Waals surface area contributed by atoms with E-state index in [-0.39, 0.29) is 0 Å². The van der Waals surface area contributed by atoms with Crippen molar-refractivity contribution in [1.29, 1.82) is 0 Å². The van der Waals surface area contributed by atoms with E-state index in [9.17, 15) is 0 Å². The molecule has 0 bridgehead atoms. The summed E-state index contributed by atoms with van der Waals surface area (Å²) in [7, 11) is 4.29. The van der Waals surface area contributed by atoms with Gasteiger partial charge in [0.25, 0.3) is 0 Å². The molecule has 3 rings (SSSR count). The van der Waals surface area contributed by atoms with E-state index in [1.807, 2.05) is 0 Å². The molecule has 0 saturated heterocycles. The fourth-order valence-corrected chi connectivity index (χ4v) is 6.50. The Morgan fingerprint density at radius 2 is 1.89 bits per heavy atom. The first-order valence-corrected chi connectivity index (χ1v) is 11.9. The van der Waals surface area contributed by atoms with Crippen molar-refractivity contribution >= 4 is 17.4 Å². The molecule has 0 fully saturated rings. The largest absolute Gasteiger partial charge is 0.378 e. The Morgan fingerprint density at radius 3 is 2.54 bits per heavy atom. The molecule has 0 aliphatic carbocycles. The Balaban J connectivity index is 2.17. The van der Waals surface area contributed by atoms with Crippen molar-refractivity contribution in [2.45, 2.75) is 64.2 Å². The van der Waals surface area contributed by atoms with E-state index in [0.29, 0.717) is 17.3 Å². The molecule has 28 heavy (non-hydrogen) atoms. The fraction of sp³-hybridized carbons (Fsp3) is 0.538. The molecule has 0 amide bonds. The summed E-state index contributed by atoms with van der Waals surface area (Å²) in [5.74, 6) is 2.32. The molecular formula is C26H37NS. The maximum Gasteiger partial charge on any atom is 0.0364 e. The molecule has 0 aromatic heterocycles. The molecule has 1 heterocycles. The SMILES string of the molecule is CCCCC1(CC)CSc2ccc(N(C)C)cc2C(c2cccc(C)c2)C1C. The lowest BCUT2D eigenvalue weighted by molar-refractivity contribution is 0.162. The first-order valence-electron chi connectivity index (χ1n) is 10.9. The summed E-state index contributed by atoms with van der Waals surface area (Å²) in [5.41, 5.74) is 6.08. The van der Waals surface area contributed by atoms with Crippen molar-refractivity contribution in [2.75, 3.05) is 24.7 Å². The molecule has 2 aromatic carbocycles. The van der Waals surface area contributed by atoms with E-state index in [1.54, 1.807) is 0 Å². The number of benzene rings is 2. The van der Waals surface area contributed by atoms with E-state index in [1.165, 1.54) is 58.7 Å². The zero-order valence-electron chi connectivity index (χ0n) is 18.6. The summed E-state index contributed by atoms with van der Waals surface area (Å²) < 4.78 is 0. The molecule has 2 aromatic rings. The highest BCUT2D eigenvalue weighted by atomic mass is 32.2. The third-order valence-corrected chi connectivity index (χ3v) is 8.36. The van der Waals surface area contributed by atoms with Crippen LogP contribution in [0.5, 0.6) is 0 Å². The van der Waals surface area contributed by atoms with E-state index in [2.05, 4.69) is 101 Å². The fourth-order valence-electron chi connectivity index (χ4n) is 4.93. The van der Waals surface area contributed by atoms with Gasteiger partial charge < -0.3 is 4.90 Å². The Kier molecular flexibility index (Phi) is 6.81. The Hall–Kier alpha value is -1.41. The summed E-state index contributed by atoms with van der Waals surface area (Å²) in [6.07, 6.45) is 5.22. The minimum atomic E-state index is 0.395. The van der Waals surface area contributed by atoms with Crippen molar-refractivity contribution in [2.24, 2.45) is 11.3 Å². The average Bonchev–Trinajstić information content (AvgIpc) is 2.80. The van der Waals surface area contributed by atoms with Crippen LogP contribution in [0.2, 0.25) is 0 Å². The lowest BCUT2D eigenvalue weighted by atomic mass is 9.64. The molecule has 1 aliphatic heterocycles. The van der Waals surface area contributed by atoms with Crippen LogP contribution in [0, 0.1) is 18.3 Å². The molecule has 1 nitrogen and oxygen atoms in total. The number of aryl methyl sites for hydroxylation is 1. The highest BCUT2D eigenvalue weighted by molar-refractivity contribution is 7.99. The van der Waals surface area contributed by atoms with Crippen LogP contribution in [0.1, 0.15) is 69.1 Å². The van der Waals surface area contributed by atoms with Crippen LogP contribution in [0.3, 0.4) is 0 Å². The van der Waals surface area contributed by atoms with E-state index >= 15 is 0 Å². The van der Waals surface area contributed by atoms with Gasteiger partial charge in [0.15, 0.2) is 0 Å². The quantitative estimate of drug-likeness (QED) is 0.497. The van der Waals surface area contributed by atoms with Gasteiger partial charge in [-0.2, -0.15) is 0 Å². The van der Waals surface area contributed by atoms with Crippen LogP contribution in [-0.2, 0) is 0 Å². The lowest BCUT2D eigenvalue weighted by Gasteiger charge is -2.41. The monoisotopic (exact) mass is 395 g/mol. The summed E-state index contributed by atoms with van der Waals surface area (Å²) >= 11 is 2.10. The maximum atomic E-state index is 2.53. The molecule has 1 aliphatic rings. The number of anilines is 1. The molecule has 152 valence electrons. The van der Waals surface area contributed by atoms with Crippen molar-refractivity contribution < 1.29 is 0 Å². The van der Waals surface area contributed by atoms with Gasteiger partial charge in [0.1, 0.15) is 0 Å². The van der Waals surface area contributed by atoms with Crippen LogP contribution in [0.4, 0.5) is 5.69 Å². The van der Waals surface area contributed by atoms with Gasteiger partial charge in [0.2, 0.25) is 0 Å². The molecule has 0 radical (unpaired) electrons. The zero-order chi connectivity index (χ0) is 20.3. The van der Waals surface area contributed by atoms with Crippen LogP contribution >= 0.6 is 11.8 Å². The van der Waals surface area contributed by atoms with Gasteiger partial charge >= 0.3 is 0 Å². The standard InChI is InChI=1S/C26H37NS/c1-7-9-15-26(8-2)18-28-24-14-13-22(27(5)6)17-23(24)25(20(26)4)21-12-10-11-19(3)16-21/h10-14,16-17,20,25H,7-9,15,18H2,1-6H3. The average molecular weight is 396 g/mol. The van der Waals surface area contributed by atoms with Crippen LogP contribution in [-0.4, -0.2) is 19.8 Å². The first-order chi connectivity index (χ1) is 13.4. The van der Waals surface area contributed by atoms with Gasteiger partial charge in [0, 0.05) is 36.3 Å². The Morgan fingerprint density at radius 1 is 1.11 bits per heavy atom. The third kappa shape index (κ3) is 4.13. The molecule has 2 heteroatoms. The normalized spacial score (nSPS) is 24.5. The van der Waals surface area contributed by atoms with Gasteiger partial charge in [-0.25, -0.2) is 0 Å². The minimum absolute atomic E-state index is 0.395. The second-order valence-electron chi connectivity index (χ2n) is 8.91. The smallest absolute Gasteiger partial charge is 0.0364 e. The van der Waals surface area contributed by atoms with E-state index in [0.717, 1.165) is 0 Å². The number of hydrogen-bond acceptors (Lipinski definition) is 2. The Labute approximate surface area is 176 Å². The number of rotatable bonds is 6.